The van der Waals surface area contributed by atoms with Crippen LogP contribution in [0.1, 0.15) is 55.6 Å². The van der Waals surface area contributed by atoms with Crippen molar-refractivity contribution in [1.82, 2.24) is 10.2 Å². The Bertz CT molecular complexity index is 897. The van der Waals surface area contributed by atoms with Gasteiger partial charge in [0.25, 0.3) is 5.91 Å². The van der Waals surface area contributed by atoms with E-state index in [1.165, 1.54) is 18.4 Å². The number of hydrogen-bond donors (Lipinski definition) is 1. The molecule has 1 unspecified atom stereocenters. The van der Waals surface area contributed by atoms with Gasteiger partial charge in [-0.15, -0.1) is 0 Å². The molecule has 1 atom stereocenters. The fourth-order valence-electron chi connectivity index (χ4n) is 4.32. The van der Waals surface area contributed by atoms with Crippen LogP contribution in [0, 0.1) is 0 Å². The number of ether oxygens (including phenoxy) is 3. The largest absolute Gasteiger partial charge is 0.490 e. The van der Waals surface area contributed by atoms with Gasteiger partial charge in [0.15, 0.2) is 11.5 Å². The minimum atomic E-state index is -0.154. The summed E-state index contributed by atoms with van der Waals surface area (Å²) in [4.78, 5) is 17.8. The number of likely N-dealkylation sites (tertiary alicyclic amines) is 1. The van der Waals surface area contributed by atoms with Crippen molar-refractivity contribution >= 4 is 11.6 Å². The van der Waals surface area contributed by atoms with Gasteiger partial charge in [-0.1, -0.05) is 12.1 Å². The number of carbonyl (C=O) groups excluding carboxylic acids is 1. The number of nitrogens with one attached hydrogen (secondary N) is 1. The van der Waals surface area contributed by atoms with E-state index in [0.29, 0.717) is 49.2 Å². The molecule has 1 fully saturated rings. The predicted octanol–water partition coefficient (Wildman–Crippen LogP) is 4.52. The molecule has 2 aromatic carbocycles. The first-order valence-electron chi connectivity index (χ1n) is 12.3. The van der Waals surface area contributed by atoms with Crippen molar-refractivity contribution < 1.29 is 19.0 Å². The van der Waals surface area contributed by atoms with Gasteiger partial charge >= 0.3 is 0 Å². The first-order chi connectivity index (χ1) is 16.5. The lowest BCUT2D eigenvalue weighted by Gasteiger charge is -2.28. The van der Waals surface area contributed by atoms with Crippen LogP contribution in [0.2, 0.25) is 0 Å². The molecule has 186 valence electrons. The van der Waals surface area contributed by atoms with Crippen molar-refractivity contribution in [1.29, 1.82) is 0 Å². The molecule has 1 aliphatic heterocycles. The van der Waals surface area contributed by atoms with Gasteiger partial charge in [0, 0.05) is 31.9 Å². The highest BCUT2D eigenvalue weighted by Crippen LogP contribution is 2.39. The first-order valence-corrected chi connectivity index (χ1v) is 12.3. The first kappa shape index (κ1) is 25.7. The molecule has 1 heterocycles. The number of hydrogen-bond acceptors (Lipinski definition) is 6. The van der Waals surface area contributed by atoms with E-state index in [0.717, 1.165) is 18.8 Å². The minimum absolute atomic E-state index is 0.128. The molecule has 7 heteroatoms. The maximum absolute atomic E-state index is 13.2. The van der Waals surface area contributed by atoms with E-state index in [9.17, 15) is 4.79 Å². The second-order valence-electron chi connectivity index (χ2n) is 8.56. The normalized spacial score (nSPS) is 14.5. The van der Waals surface area contributed by atoms with Gasteiger partial charge < -0.3 is 24.4 Å². The van der Waals surface area contributed by atoms with E-state index in [-0.39, 0.29) is 11.9 Å². The van der Waals surface area contributed by atoms with E-state index in [2.05, 4.69) is 39.4 Å². The van der Waals surface area contributed by atoms with Crippen LogP contribution in [0.15, 0.2) is 36.4 Å². The molecule has 2 aromatic rings. The molecule has 1 saturated heterocycles. The van der Waals surface area contributed by atoms with Gasteiger partial charge in [-0.05, 0) is 76.5 Å². The highest BCUT2D eigenvalue weighted by atomic mass is 16.5. The summed E-state index contributed by atoms with van der Waals surface area (Å²) in [5.74, 6) is 1.43. The summed E-state index contributed by atoms with van der Waals surface area (Å²) < 4.78 is 17.3. The fraction of sp³-hybridized carbons (Fsp3) is 0.519. The summed E-state index contributed by atoms with van der Waals surface area (Å²) in [7, 11) is 4.08. The number of carbonyl (C=O) groups is 1. The standard InChI is InChI=1S/C27H39N3O4/c1-6-32-24-17-21(18-25(33-7-2)26(24)34-8-3)27(31)28-19-23(30-15-9-10-16-30)20-11-13-22(14-12-20)29(4)5/h11-14,17-18,23H,6-10,15-16,19H2,1-5H3,(H,28,31). The zero-order chi connectivity index (χ0) is 24.5. The summed E-state index contributed by atoms with van der Waals surface area (Å²) in [5, 5.41) is 3.16. The Morgan fingerprint density at radius 2 is 1.50 bits per heavy atom. The quantitative estimate of drug-likeness (QED) is 0.493. The van der Waals surface area contributed by atoms with Gasteiger partial charge in [0.2, 0.25) is 5.75 Å². The van der Waals surface area contributed by atoms with Crippen LogP contribution < -0.4 is 24.4 Å². The molecule has 0 aromatic heterocycles. The molecule has 1 amide bonds. The second-order valence-corrected chi connectivity index (χ2v) is 8.56. The summed E-state index contributed by atoms with van der Waals surface area (Å²) in [6.07, 6.45) is 2.38. The van der Waals surface area contributed by atoms with Gasteiger partial charge in [-0.2, -0.15) is 0 Å². The monoisotopic (exact) mass is 469 g/mol. The lowest BCUT2D eigenvalue weighted by atomic mass is 10.0. The SMILES string of the molecule is CCOc1cc(C(=O)NCC(c2ccc(N(C)C)cc2)N2CCCC2)cc(OCC)c1OCC. The molecule has 0 bridgehead atoms. The van der Waals surface area contributed by atoms with E-state index < -0.39 is 0 Å². The van der Waals surface area contributed by atoms with Crippen LogP contribution in [-0.2, 0) is 0 Å². The molecular weight excluding hydrogens is 430 g/mol. The maximum atomic E-state index is 13.2. The van der Waals surface area contributed by atoms with Crippen LogP contribution in [-0.4, -0.2) is 64.4 Å². The lowest BCUT2D eigenvalue weighted by Crippen LogP contribution is -2.36. The van der Waals surface area contributed by atoms with Crippen molar-refractivity contribution in [3.63, 3.8) is 0 Å². The molecule has 0 radical (unpaired) electrons. The molecule has 0 saturated carbocycles. The lowest BCUT2D eigenvalue weighted by molar-refractivity contribution is 0.0936. The highest BCUT2D eigenvalue weighted by Gasteiger charge is 2.25. The Morgan fingerprint density at radius 3 is 2.00 bits per heavy atom. The highest BCUT2D eigenvalue weighted by molar-refractivity contribution is 5.95. The molecule has 1 N–H and O–H groups in total. The van der Waals surface area contributed by atoms with Crippen molar-refractivity contribution in [3.05, 3.63) is 47.5 Å². The Balaban J connectivity index is 1.81. The molecule has 3 rings (SSSR count). The van der Waals surface area contributed by atoms with Gasteiger partial charge in [-0.3, -0.25) is 9.69 Å². The molecular formula is C27H39N3O4. The average Bonchev–Trinajstić information content (AvgIpc) is 3.36. The van der Waals surface area contributed by atoms with Crippen molar-refractivity contribution in [2.45, 2.75) is 39.7 Å². The molecule has 7 nitrogen and oxygen atoms in total. The topological polar surface area (TPSA) is 63.3 Å². The fourth-order valence-corrected chi connectivity index (χ4v) is 4.32. The molecule has 0 spiro atoms. The van der Waals surface area contributed by atoms with Crippen molar-refractivity contribution in [2.24, 2.45) is 0 Å². The predicted molar refractivity (Wildman–Crippen MR) is 137 cm³/mol. The van der Waals surface area contributed by atoms with Crippen LogP contribution in [0.5, 0.6) is 17.2 Å². The number of anilines is 1. The zero-order valence-electron chi connectivity index (χ0n) is 21.2. The van der Waals surface area contributed by atoms with Crippen LogP contribution >= 0.6 is 0 Å². The van der Waals surface area contributed by atoms with Gasteiger partial charge in [0.1, 0.15) is 0 Å². The summed E-state index contributed by atoms with van der Waals surface area (Å²) in [6.45, 7) is 9.76. The summed E-state index contributed by atoms with van der Waals surface area (Å²) in [5.41, 5.74) is 2.87. The Kier molecular flexibility index (Phi) is 9.45. The number of amides is 1. The van der Waals surface area contributed by atoms with Gasteiger partial charge in [0.05, 0.1) is 25.9 Å². The third kappa shape index (κ3) is 6.35. The third-order valence-corrected chi connectivity index (χ3v) is 6.00. The summed E-state index contributed by atoms with van der Waals surface area (Å²) in [6, 6.07) is 12.2. The average molecular weight is 470 g/mol. The maximum Gasteiger partial charge on any atom is 0.251 e. The van der Waals surface area contributed by atoms with Crippen LogP contribution in [0.4, 0.5) is 5.69 Å². The van der Waals surface area contributed by atoms with Crippen molar-refractivity contribution in [2.75, 3.05) is 58.5 Å². The van der Waals surface area contributed by atoms with Crippen molar-refractivity contribution in [3.8, 4) is 17.2 Å². The zero-order valence-corrected chi connectivity index (χ0v) is 21.2. The third-order valence-electron chi connectivity index (χ3n) is 6.00. The van der Waals surface area contributed by atoms with E-state index in [1.54, 1.807) is 12.1 Å². The van der Waals surface area contributed by atoms with Crippen LogP contribution in [0.25, 0.3) is 0 Å². The second kappa shape index (κ2) is 12.5. The van der Waals surface area contributed by atoms with Crippen LogP contribution in [0.3, 0.4) is 0 Å². The smallest absolute Gasteiger partial charge is 0.251 e. The molecule has 0 aliphatic carbocycles. The molecule has 34 heavy (non-hydrogen) atoms. The summed E-state index contributed by atoms with van der Waals surface area (Å²) >= 11 is 0. The number of benzene rings is 2. The van der Waals surface area contributed by atoms with E-state index >= 15 is 0 Å². The Labute approximate surface area is 204 Å². The Morgan fingerprint density at radius 1 is 0.941 bits per heavy atom. The van der Waals surface area contributed by atoms with E-state index in [4.69, 9.17) is 14.2 Å². The number of rotatable bonds is 12. The van der Waals surface area contributed by atoms with Gasteiger partial charge in [-0.25, -0.2) is 0 Å². The van der Waals surface area contributed by atoms with E-state index in [1.807, 2.05) is 34.9 Å². The molecule has 1 aliphatic rings. The number of nitrogens with zero attached hydrogens (tertiary/aromatic N) is 2. The Hall–Kier alpha value is -2.93. The minimum Gasteiger partial charge on any atom is -0.490 e.